The maximum atomic E-state index is 5.77. The average Bonchev–Trinajstić information content (AvgIpc) is 2.41. The van der Waals surface area contributed by atoms with Crippen molar-refractivity contribution in [2.24, 2.45) is 23.7 Å². The van der Waals surface area contributed by atoms with Gasteiger partial charge in [-0.3, -0.25) is 0 Å². The highest BCUT2D eigenvalue weighted by Crippen LogP contribution is 2.67. The van der Waals surface area contributed by atoms with E-state index in [1.807, 2.05) is 13.8 Å². The first kappa shape index (κ1) is 13.8. The van der Waals surface area contributed by atoms with E-state index in [1.54, 1.807) is 7.11 Å². The van der Waals surface area contributed by atoms with E-state index in [4.69, 9.17) is 14.5 Å². The van der Waals surface area contributed by atoms with Gasteiger partial charge in [0.05, 0.1) is 0 Å². The Kier molecular flexibility index (Phi) is 3.43. The van der Waals surface area contributed by atoms with Crippen molar-refractivity contribution >= 4 is 0 Å². The monoisotopic (exact) mass is 268 g/mol. The molecule has 0 amide bonds. The van der Waals surface area contributed by atoms with E-state index in [1.165, 1.54) is 32.1 Å². The van der Waals surface area contributed by atoms with Crippen molar-refractivity contribution in [1.82, 2.24) is 0 Å². The molecule has 4 saturated carbocycles. The molecule has 4 aliphatic carbocycles. The molecule has 3 nitrogen and oxygen atoms in total. The fraction of sp³-hybridized carbons (Fsp3) is 1.00. The summed E-state index contributed by atoms with van der Waals surface area (Å²) >= 11 is 0. The minimum atomic E-state index is -0.449. The van der Waals surface area contributed by atoms with Gasteiger partial charge in [-0.05, 0) is 55.8 Å². The maximum Gasteiger partial charge on any atom is 0.234 e. The van der Waals surface area contributed by atoms with Crippen LogP contribution in [0.15, 0.2) is 0 Å². The minimum Gasteiger partial charge on any atom is -0.348 e. The molecule has 110 valence electrons. The van der Waals surface area contributed by atoms with E-state index in [0.29, 0.717) is 11.8 Å². The second kappa shape index (κ2) is 4.71. The van der Waals surface area contributed by atoms with Gasteiger partial charge in [-0.2, -0.15) is 4.89 Å². The van der Waals surface area contributed by atoms with Crippen molar-refractivity contribution in [1.29, 1.82) is 0 Å². The van der Waals surface area contributed by atoms with Crippen LogP contribution >= 0.6 is 0 Å². The largest absolute Gasteiger partial charge is 0.348 e. The van der Waals surface area contributed by atoms with Crippen LogP contribution in [0.4, 0.5) is 0 Å². The number of methoxy groups -OCH3 is 1. The molecule has 0 radical (unpaired) electrons. The third kappa shape index (κ3) is 1.55. The van der Waals surface area contributed by atoms with Gasteiger partial charge < -0.3 is 4.74 Å². The number of rotatable bonds is 2. The Morgan fingerprint density at radius 2 is 1.47 bits per heavy atom. The van der Waals surface area contributed by atoms with Crippen LogP contribution in [0.5, 0.6) is 0 Å². The summed E-state index contributed by atoms with van der Waals surface area (Å²) in [5.74, 6) is 2.81. The zero-order valence-electron chi connectivity index (χ0n) is 12.8. The van der Waals surface area contributed by atoms with E-state index in [2.05, 4.69) is 6.92 Å². The van der Waals surface area contributed by atoms with Crippen LogP contribution in [0.2, 0.25) is 0 Å². The first-order valence-corrected chi connectivity index (χ1v) is 8.16. The topological polar surface area (TPSA) is 27.7 Å². The molecule has 5 fully saturated rings. The molecule has 4 bridgehead atoms. The highest BCUT2D eigenvalue weighted by Gasteiger charge is 2.75. The normalized spacial score (nSPS) is 53.7. The Labute approximate surface area is 116 Å². The van der Waals surface area contributed by atoms with Gasteiger partial charge in [-0.1, -0.05) is 20.8 Å². The second-order valence-electron chi connectivity index (χ2n) is 6.57. The van der Waals surface area contributed by atoms with Crippen LogP contribution in [0.1, 0.15) is 59.3 Å². The Hall–Kier alpha value is -0.120. The van der Waals surface area contributed by atoms with Gasteiger partial charge in [0, 0.05) is 13.5 Å². The Balaban J connectivity index is 0.000000528. The van der Waals surface area contributed by atoms with Gasteiger partial charge in [0.2, 0.25) is 5.79 Å². The van der Waals surface area contributed by atoms with Gasteiger partial charge in [0.15, 0.2) is 5.60 Å². The average molecular weight is 268 g/mol. The number of hydrogen-bond acceptors (Lipinski definition) is 3. The molecule has 1 saturated heterocycles. The third-order valence-electron chi connectivity index (χ3n) is 6.06. The van der Waals surface area contributed by atoms with Gasteiger partial charge in [0.25, 0.3) is 0 Å². The quantitative estimate of drug-likeness (QED) is 0.710. The summed E-state index contributed by atoms with van der Waals surface area (Å²) in [5.41, 5.74) is -0.107. The SMILES string of the molecule is CC.CCC1(OC)OOC12C1CC3CC(C1)CC2C3. The fourth-order valence-corrected chi connectivity index (χ4v) is 5.55. The van der Waals surface area contributed by atoms with Crippen molar-refractivity contribution in [3.63, 3.8) is 0 Å². The van der Waals surface area contributed by atoms with E-state index < -0.39 is 5.79 Å². The smallest absolute Gasteiger partial charge is 0.234 e. The lowest BCUT2D eigenvalue weighted by molar-refractivity contribution is -0.636. The van der Waals surface area contributed by atoms with Crippen molar-refractivity contribution < 1.29 is 14.5 Å². The lowest BCUT2D eigenvalue weighted by Crippen LogP contribution is -2.78. The number of hydrogen-bond donors (Lipinski definition) is 0. The zero-order chi connectivity index (χ0) is 13.7. The second-order valence-corrected chi connectivity index (χ2v) is 6.57. The fourth-order valence-electron chi connectivity index (χ4n) is 5.55. The van der Waals surface area contributed by atoms with Gasteiger partial charge in [-0.15, -0.1) is 0 Å². The molecule has 3 heteroatoms. The van der Waals surface area contributed by atoms with Crippen LogP contribution in [0.25, 0.3) is 0 Å². The van der Waals surface area contributed by atoms with Crippen LogP contribution in [0, 0.1) is 23.7 Å². The summed E-state index contributed by atoms with van der Waals surface area (Å²) in [6.45, 7) is 6.15. The summed E-state index contributed by atoms with van der Waals surface area (Å²) in [6, 6.07) is 0. The Morgan fingerprint density at radius 1 is 0.947 bits per heavy atom. The van der Waals surface area contributed by atoms with Crippen molar-refractivity contribution in [2.45, 2.75) is 70.7 Å². The summed E-state index contributed by atoms with van der Waals surface area (Å²) in [4.78, 5) is 11.2. The van der Waals surface area contributed by atoms with Crippen molar-refractivity contribution in [2.75, 3.05) is 7.11 Å². The lowest BCUT2D eigenvalue weighted by atomic mass is 9.47. The van der Waals surface area contributed by atoms with Gasteiger partial charge >= 0.3 is 0 Å². The minimum absolute atomic E-state index is 0.107. The molecule has 1 spiro atoms. The first-order chi connectivity index (χ1) is 9.24. The summed E-state index contributed by atoms with van der Waals surface area (Å²) in [7, 11) is 1.78. The first-order valence-electron chi connectivity index (χ1n) is 8.16. The summed E-state index contributed by atoms with van der Waals surface area (Å²) in [5, 5.41) is 0. The lowest BCUT2D eigenvalue weighted by Gasteiger charge is -2.68. The molecule has 1 heterocycles. The maximum absolute atomic E-state index is 5.77. The van der Waals surface area contributed by atoms with E-state index >= 15 is 0 Å². The van der Waals surface area contributed by atoms with Crippen molar-refractivity contribution in [3.8, 4) is 0 Å². The predicted molar refractivity (Wildman–Crippen MR) is 73.3 cm³/mol. The molecular weight excluding hydrogens is 240 g/mol. The molecule has 0 aromatic heterocycles. The Morgan fingerprint density at radius 3 is 1.79 bits per heavy atom. The van der Waals surface area contributed by atoms with E-state index in [-0.39, 0.29) is 5.60 Å². The van der Waals surface area contributed by atoms with E-state index in [0.717, 1.165) is 18.3 Å². The molecular formula is C16H28O3. The molecule has 0 aromatic rings. The predicted octanol–water partition coefficient (Wildman–Crippen LogP) is 3.92. The van der Waals surface area contributed by atoms with Gasteiger partial charge in [-0.25, -0.2) is 4.89 Å². The summed E-state index contributed by atoms with van der Waals surface area (Å²) < 4.78 is 5.76. The molecule has 0 N–H and O–H groups in total. The van der Waals surface area contributed by atoms with Crippen LogP contribution < -0.4 is 0 Å². The molecule has 5 aliphatic rings. The van der Waals surface area contributed by atoms with Crippen LogP contribution in [-0.4, -0.2) is 18.5 Å². The summed E-state index contributed by atoms with van der Waals surface area (Å²) in [6.07, 6.45) is 7.70. The third-order valence-corrected chi connectivity index (χ3v) is 6.06. The highest BCUT2D eigenvalue weighted by molar-refractivity contribution is 5.15. The van der Waals surface area contributed by atoms with Crippen molar-refractivity contribution in [3.05, 3.63) is 0 Å². The Bertz CT molecular complexity index is 301. The standard InChI is InChI=1S/C14H22O3.C2H6/c1-3-13(15-2)14(17-16-13)11-5-9-4-10(7-11)8-12(14)6-9;1-2/h9-12H,3-8H2,1-2H3;1-2H3. The molecule has 1 unspecified atom stereocenters. The molecule has 19 heavy (non-hydrogen) atoms. The molecule has 5 rings (SSSR count). The zero-order valence-corrected chi connectivity index (χ0v) is 12.8. The van der Waals surface area contributed by atoms with Crippen LogP contribution in [-0.2, 0) is 14.5 Å². The van der Waals surface area contributed by atoms with Crippen LogP contribution in [0.3, 0.4) is 0 Å². The molecule has 1 atom stereocenters. The van der Waals surface area contributed by atoms with E-state index in [9.17, 15) is 0 Å². The molecule has 0 aromatic carbocycles. The van der Waals surface area contributed by atoms with Gasteiger partial charge in [0.1, 0.15) is 0 Å². The highest BCUT2D eigenvalue weighted by atomic mass is 17.3. The molecule has 1 aliphatic heterocycles. The number of ether oxygens (including phenoxy) is 1.